The standard InChI is InChI=1S/C19H19NO2/c1-10-3-4-12(9-11(10)2)20-17(21)15-13-5-6-14(16(15)18(20)22)19(13)7-8-19/h3-6,9,13-16H,7-8H2,1-2H3/t13-,14-,15-,16-/m0/s1. The summed E-state index contributed by atoms with van der Waals surface area (Å²) in [5.41, 5.74) is 3.32. The highest BCUT2D eigenvalue weighted by Crippen LogP contribution is 2.73. The van der Waals surface area contributed by atoms with E-state index in [1.165, 1.54) is 23.3 Å². The summed E-state index contributed by atoms with van der Waals surface area (Å²) in [5, 5.41) is 0. The lowest BCUT2D eigenvalue weighted by molar-refractivity contribution is -0.123. The molecule has 0 radical (unpaired) electrons. The lowest BCUT2D eigenvalue weighted by Crippen LogP contribution is -2.34. The second-order valence-corrected chi connectivity index (χ2v) is 7.50. The van der Waals surface area contributed by atoms with Crippen molar-refractivity contribution in [2.24, 2.45) is 29.1 Å². The molecule has 0 N–H and O–H groups in total. The Morgan fingerprint density at radius 1 is 0.955 bits per heavy atom. The van der Waals surface area contributed by atoms with Crippen LogP contribution in [-0.4, -0.2) is 11.8 Å². The average molecular weight is 293 g/mol. The predicted molar refractivity (Wildman–Crippen MR) is 83.2 cm³/mol. The van der Waals surface area contributed by atoms with Crippen LogP contribution in [-0.2, 0) is 9.59 Å². The van der Waals surface area contributed by atoms with Gasteiger partial charge in [0, 0.05) is 0 Å². The van der Waals surface area contributed by atoms with Gasteiger partial charge in [-0.3, -0.25) is 14.5 Å². The molecule has 1 aliphatic heterocycles. The van der Waals surface area contributed by atoms with Gasteiger partial charge in [0.25, 0.3) is 0 Å². The Morgan fingerprint density at radius 3 is 2.05 bits per heavy atom. The number of hydrogen-bond acceptors (Lipinski definition) is 2. The molecule has 1 spiro atoms. The maximum Gasteiger partial charge on any atom is 0.238 e. The minimum absolute atomic E-state index is 0.0291. The molecule has 5 rings (SSSR count). The van der Waals surface area contributed by atoms with Crippen LogP contribution >= 0.6 is 0 Å². The minimum Gasteiger partial charge on any atom is -0.274 e. The van der Waals surface area contributed by atoms with E-state index >= 15 is 0 Å². The molecule has 3 fully saturated rings. The number of nitrogens with zero attached hydrogens (tertiary/aromatic N) is 1. The molecular formula is C19H19NO2. The second kappa shape index (κ2) is 3.70. The van der Waals surface area contributed by atoms with E-state index in [4.69, 9.17) is 0 Å². The first-order valence-corrected chi connectivity index (χ1v) is 8.18. The Hall–Kier alpha value is -1.90. The summed E-state index contributed by atoms with van der Waals surface area (Å²) in [5.74, 6) is 0.451. The second-order valence-electron chi connectivity index (χ2n) is 7.50. The highest BCUT2D eigenvalue weighted by Gasteiger charge is 2.73. The van der Waals surface area contributed by atoms with Crippen molar-refractivity contribution in [2.45, 2.75) is 26.7 Å². The molecular weight excluding hydrogens is 274 g/mol. The van der Waals surface area contributed by atoms with E-state index in [2.05, 4.69) is 12.2 Å². The summed E-state index contributed by atoms with van der Waals surface area (Å²) < 4.78 is 0. The van der Waals surface area contributed by atoms with Crippen molar-refractivity contribution in [3.05, 3.63) is 41.5 Å². The van der Waals surface area contributed by atoms with Crippen LogP contribution in [0.25, 0.3) is 0 Å². The molecule has 2 saturated carbocycles. The number of anilines is 1. The largest absolute Gasteiger partial charge is 0.274 e. The van der Waals surface area contributed by atoms with E-state index in [-0.39, 0.29) is 29.1 Å². The molecule has 1 aromatic carbocycles. The van der Waals surface area contributed by atoms with Crippen LogP contribution in [0.2, 0.25) is 0 Å². The summed E-state index contributed by atoms with van der Waals surface area (Å²) in [4.78, 5) is 27.4. The Kier molecular flexibility index (Phi) is 2.13. The van der Waals surface area contributed by atoms with E-state index in [0.717, 1.165) is 11.3 Å². The molecule has 4 aliphatic rings. The molecule has 2 bridgehead atoms. The van der Waals surface area contributed by atoms with Crippen LogP contribution < -0.4 is 4.90 Å². The summed E-state index contributed by atoms with van der Waals surface area (Å²) in [6.45, 7) is 4.07. The quantitative estimate of drug-likeness (QED) is 0.589. The predicted octanol–water partition coefficient (Wildman–Crippen LogP) is 3.01. The summed E-state index contributed by atoms with van der Waals surface area (Å²) in [6, 6.07) is 5.87. The van der Waals surface area contributed by atoms with Gasteiger partial charge in [0.05, 0.1) is 17.5 Å². The number of amides is 2. The first-order chi connectivity index (χ1) is 10.5. The van der Waals surface area contributed by atoms with Gasteiger partial charge in [-0.05, 0) is 67.2 Å². The maximum absolute atomic E-state index is 13.0. The number of carbonyl (C=O) groups excluding carboxylic acids is 2. The maximum atomic E-state index is 13.0. The lowest BCUT2D eigenvalue weighted by atomic mass is 9.85. The molecule has 22 heavy (non-hydrogen) atoms. The van der Waals surface area contributed by atoms with Gasteiger partial charge in [-0.1, -0.05) is 18.2 Å². The van der Waals surface area contributed by atoms with E-state index in [9.17, 15) is 9.59 Å². The average Bonchev–Trinajstić information content (AvgIpc) is 3.08. The Balaban J connectivity index is 1.57. The Morgan fingerprint density at radius 2 is 1.55 bits per heavy atom. The van der Waals surface area contributed by atoms with Gasteiger partial charge in [0.1, 0.15) is 0 Å². The molecule has 3 aliphatic carbocycles. The van der Waals surface area contributed by atoms with Crippen LogP contribution in [0.3, 0.4) is 0 Å². The third kappa shape index (κ3) is 1.25. The first-order valence-electron chi connectivity index (χ1n) is 8.18. The number of hydrogen-bond donors (Lipinski definition) is 0. The minimum atomic E-state index is -0.105. The molecule has 3 heteroatoms. The van der Waals surface area contributed by atoms with Crippen molar-refractivity contribution in [3.63, 3.8) is 0 Å². The lowest BCUT2D eigenvalue weighted by Gasteiger charge is -2.22. The fourth-order valence-corrected chi connectivity index (χ4v) is 5.20. The zero-order valence-electron chi connectivity index (χ0n) is 12.9. The summed E-state index contributed by atoms with van der Waals surface area (Å²) >= 11 is 0. The SMILES string of the molecule is Cc1ccc(N2C(=O)[C@@H]3[C@@H](C2=O)[C@@H]2C=C[C@@H]3C23CC3)cc1C. The van der Waals surface area contributed by atoms with E-state index < -0.39 is 0 Å². The van der Waals surface area contributed by atoms with Crippen LogP contribution in [0.1, 0.15) is 24.0 Å². The van der Waals surface area contributed by atoms with Gasteiger partial charge in [-0.15, -0.1) is 0 Å². The molecule has 3 nitrogen and oxygen atoms in total. The molecule has 0 unspecified atom stereocenters. The van der Waals surface area contributed by atoms with E-state index in [1.807, 2.05) is 32.0 Å². The highest BCUT2D eigenvalue weighted by atomic mass is 16.2. The Bertz CT molecular complexity index is 725. The van der Waals surface area contributed by atoms with Crippen molar-refractivity contribution in [3.8, 4) is 0 Å². The molecule has 4 atom stereocenters. The Labute approximate surface area is 130 Å². The highest BCUT2D eigenvalue weighted by molar-refractivity contribution is 6.23. The van der Waals surface area contributed by atoms with Crippen molar-refractivity contribution >= 4 is 17.5 Å². The summed E-state index contributed by atoms with van der Waals surface area (Å²) in [7, 11) is 0. The topological polar surface area (TPSA) is 37.4 Å². The number of fused-ring (bicyclic) bond motifs is 3. The zero-order chi connectivity index (χ0) is 15.2. The number of aryl methyl sites for hydroxylation is 2. The van der Waals surface area contributed by atoms with Crippen molar-refractivity contribution in [1.82, 2.24) is 0 Å². The molecule has 1 heterocycles. The molecule has 2 amide bonds. The number of allylic oxidation sites excluding steroid dienone is 2. The molecule has 1 aromatic rings. The normalized spacial score (nSPS) is 36.5. The fraction of sp³-hybridized carbons (Fsp3) is 0.474. The van der Waals surface area contributed by atoms with Crippen molar-refractivity contribution in [1.29, 1.82) is 0 Å². The van der Waals surface area contributed by atoms with Crippen molar-refractivity contribution in [2.75, 3.05) is 4.90 Å². The van der Waals surface area contributed by atoms with E-state index in [0.29, 0.717) is 11.8 Å². The smallest absolute Gasteiger partial charge is 0.238 e. The van der Waals surface area contributed by atoms with Gasteiger partial charge in [0.15, 0.2) is 0 Å². The number of carbonyl (C=O) groups is 2. The third-order valence-corrected chi connectivity index (χ3v) is 6.60. The number of imide groups is 1. The monoisotopic (exact) mass is 293 g/mol. The number of benzene rings is 1. The number of rotatable bonds is 1. The molecule has 0 aromatic heterocycles. The first kappa shape index (κ1) is 12.6. The van der Waals surface area contributed by atoms with Gasteiger partial charge in [0.2, 0.25) is 11.8 Å². The molecule has 1 saturated heterocycles. The van der Waals surface area contributed by atoms with Crippen LogP contribution in [0.4, 0.5) is 5.69 Å². The summed E-state index contributed by atoms with van der Waals surface area (Å²) in [6.07, 6.45) is 6.81. The van der Waals surface area contributed by atoms with Crippen molar-refractivity contribution < 1.29 is 9.59 Å². The van der Waals surface area contributed by atoms with Crippen LogP contribution in [0.5, 0.6) is 0 Å². The van der Waals surface area contributed by atoms with Crippen LogP contribution in [0.15, 0.2) is 30.4 Å². The fourth-order valence-electron chi connectivity index (χ4n) is 5.20. The van der Waals surface area contributed by atoms with Crippen LogP contribution in [0, 0.1) is 42.9 Å². The molecule has 112 valence electrons. The van der Waals surface area contributed by atoms with E-state index in [1.54, 1.807) is 0 Å². The third-order valence-electron chi connectivity index (χ3n) is 6.60. The van der Waals surface area contributed by atoms with Gasteiger partial charge < -0.3 is 0 Å². The zero-order valence-corrected chi connectivity index (χ0v) is 12.9. The van der Waals surface area contributed by atoms with Gasteiger partial charge in [-0.2, -0.15) is 0 Å². The van der Waals surface area contributed by atoms with Gasteiger partial charge >= 0.3 is 0 Å². The van der Waals surface area contributed by atoms with Gasteiger partial charge in [-0.25, -0.2) is 0 Å².